The van der Waals surface area contributed by atoms with Crippen molar-refractivity contribution >= 4 is 17.3 Å². The highest BCUT2D eigenvalue weighted by atomic mass is 16.1. The number of carbonyl (C=O) groups is 1. The second-order valence-corrected chi connectivity index (χ2v) is 6.36. The molecule has 1 amide bonds. The van der Waals surface area contributed by atoms with E-state index in [1.54, 1.807) is 12.3 Å². The van der Waals surface area contributed by atoms with Crippen molar-refractivity contribution in [3.63, 3.8) is 0 Å². The van der Waals surface area contributed by atoms with Gasteiger partial charge in [-0.3, -0.25) is 9.78 Å². The summed E-state index contributed by atoms with van der Waals surface area (Å²) in [6.45, 7) is 4.78. The fraction of sp³-hybridized carbons (Fsp3) is 0.182. The van der Waals surface area contributed by atoms with Crippen LogP contribution in [0, 0.1) is 13.8 Å². The van der Waals surface area contributed by atoms with E-state index in [0.717, 1.165) is 35.5 Å². The summed E-state index contributed by atoms with van der Waals surface area (Å²) in [5.41, 5.74) is 5.52. The van der Waals surface area contributed by atoms with E-state index in [0.29, 0.717) is 5.69 Å². The van der Waals surface area contributed by atoms with Crippen LogP contribution in [-0.2, 0) is 6.42 Å². The van der Waals surface area contributed by atoms with Gasteiger partial charge < -0.3 is 10.6 Å². The van der Waals surface area contributed by atoms with Crippen LogP contribution in [0.2, 0.25) is 0 Å². The smallest absolute Gasteiger partial charge is 0.274 e. The molecule has 1 aromatic heterocycles. The van der Waals surface area contributed by atoms with E-state index in [2.05, 4.69) is 27.8 Å². The Labute approximate surface area is 154 Å². The summed E-state index contributed by atoms with van der Waals surface area (Å²) >= 11 is 0. The quantitative estimate of drug-likeness (QED) is 0.686. The van der Waals surface area contributed by atoms with Crippen LogP contribution < -0.4 is 10.6 Å². The minimum Gasteiger partial charge on any atom is -0.385 e. The minimum absolute atomic E-state index is 0.203. The van der Waals surface area contributed by atoms with Crippen molar-refractivity contribution in [1.82, 2.24) is 4.98 Å². The molecule has 0 aliphatic heterocycles. The monoisotopic (exact) mass is 345 g/mol. The zero-order chi connectivity index (χ0) is 18.4. The van der Waals surface area contributed by atoms with Gasteiger partial charge >= 0.3 is 0 Å². The van der Waals surface area contributed by atoms with E-state index in [-0.39, 0.29) is 5.91 Å². The molecule has 0 aliphatic carbocycles. The number of aryl methyl sites for hydroxylation is 2. The summed E-state index contributed by atoms with van der Waals surface area (Å²) in [7, 11) is 0. The molecule has 4 heteroatoms. The first-order chi connectivity index (χ1) is 12.6. The minimum atomic E-state index is -0.203. The van der Waals surface area contributed by atoms with Gasteiger partial charge in [0.25, 0.3) is 5.91 Å². The van der Waals surface area contributed by atoms with Gasteiger partial charge in [-0.15, -0.1) is 0 Å². The Kier molecular flexibility index (Phi) is 5.64. The molecule has 0 unspecified atom stereocenters. The molecule has 0 spiro atoms. The molecule has 26 heavy (non-hydrogen) atoms. The molecule has 132 valence electrons. The molecule has 0 radical (unpaired) electrons. The van der Waals surface area contributed by atoms with Gasteiger partial charge in [0.15, 0.2) is 0 Å². The summed E-state index contributed by atoms with van der Waals surface area (Å²) in [6, 6.07) is 20.0. The number of hydrogen-bond donors (Lipinski definition) is 2. The number of nitrogens with one attached hydrogen (secondary N) is 2. The van der Waals surface area contributed by atoms with Crippen molar-refractivity contribution in [1.29, 1.82) is 0 Å². The molecule has 0 saturated heterocycles. The fourth-order valence-electron chi connectivity index (χ4n) is 2.72. The average Bonchev–Trinajstić information content (AvgIpc) is 2.66. The number of carbonyl (C=O) groups excluding carboxylic acids is 1. The lowest BCUT2D eigenvalue weighted by molar-refractivity contribution is 0.102. The molecular formula is C22H23N3O. The third-order valence-corrected chi connectivity index (χ3v) is 4.22. The highest BCUT2D eigenvalue weighted by Gasteiger charge is 2.10. The van der Waals surface area contributed by atoms with Crippen molar-refractivity contribution < 1.29 is 4.79 Å². The molecule has 3 rings (SSSR count). The van der Waals surface area contributed by atoms with E-state index in [9.17, 15) is 4.79 Å². The third-order valence-electron chi connectivity index (χ3n) is 4.22. The van der Waals surface area contributed by atoms with Crippen molar-refractivity contribution in [3.05, 3.63) is 89.2 Å². The molecule has 0 bridgehead atoms. The van der Waals surface area contributed by atoms with Gasteiger partial charge in [-0.1, -0.05) is 42.5 Å². The number of aromatic nitrogens is 1. The fourth-order valence-corrected chi connectivity index (χ4v) is 2.72. The molecule has 4 nitrogen and oxygen atoms in total. The Morgan fingerprint density at radius 1 is 1.00 bits per heavy atom. The number of amides is 1. The number of hydrogen-bond acceptors (Lipinski definition) is 3. The molecule has 2 N–H and O–H groups in total. The third kappa shape index (κ3) is 4.70. The SMILES string of the molecule is Cc1ccc(C)c(NC(=O)c2cc(NCCc3ccccc3)ccn2)c1. The lowest BCUT2D eigenvalue weighted by atomic mass is 10.1. The van der Waals surface area contributed by atoms with Crippen LogP contribution in [-0.4, -0.2) is 17.4 Å². The maximum atomic E-state index is 12.5. The van der Waals surface area contributed by atoms with Crippen LogP contribution in [0.5, 0.6) is 0 Å². The molecule has 2 aromatic carbocycles. The second-order valence-electron chi connectivity index (χ2n) is 6.36. The standard InChI is InChI=1S/C22H23N3O/c1-16-8-9-17(2)20(14-16)25-22(26)21-15-19(11-13-24-21)23-12-10-18-6-4-3-5-7-18/h3-9,11,13-15H,10,12H2,1-2H3,(H,23,24)(H,25,26). The average molecular weight is 345 g/mol. The van der Waals surface area contributed by atoms with E-state index in [1.807, 2.05) is 56.3 Å². The molecule has 0 aliphatic rings. The molecular weight excluding hydrogens is 322 g/mol. The van der Waals surface area contributed by atoms with Crippen molar-refractivity contribution in [2.24, 2.45) is 0 Å². The van der Waals surface area contributed by atoms with Crippen LogP contribution in [0.3, 0.4) is 0 Å². The van der Waals surface area contributed by atoms with Crippen LogP contribution in [0.1, 0.15) is 27.2 Å². The van der Waals surface area contributed by atoms with E-state index in [4.69, 9.17) is 0 Å². The normalized spacial score (nSPS) is 10.4. The summed E-state index contributed by atoms with van der Waals surface area (Å²) in [6.07, 6.45) is 2.58. The van der Waals surface area contributed by atoms with Gasteiger partial charge in [0.2, 0.25) is 0 Å². The van der Waals surface area contributed by atoms with Crippen molar-refractivity contribution in [2.45, 2.75) is 20.3 Å². The van der Waals surface area contributed by atoms with Gasteiger partial charge in [-0.05, 0) is 55.2 Å². The van der Waals surface area contributed by atoms with Gasteiger partial charge in [0.05, 0.1) is 0 Å². The van der Waals surface area contributed by atoms with Crippen LogP contribution in [0.15, 0.2) is 66.9 Å². The number of pyridine rings is 1. The van der Waals surface area contributed by atoms with Crippen molar-refractivity contribution in [2.75, 3.05) is 17.2 Å². The maximum absolute atomic E-state index is 12.5. The van der Waals surface area contributed by atoms with Gasteiger partial charge in [0, 0.05) is 24.1 Å². The predicted molar refractivity (Wildman–Crippen MR) is 107 cm³/mol. The Bertz CT molecular complexity index is 891. The molecule has 0 atom stereocenters. The predicted octanol–water partition coefficient (Wildman–Crippen LogP) is 4.61. The number of benzene rings is 2. The van der Waals surface area contributed by atoms with Gasteiger partial charge in [-0.25, -0.2) is 0 Å². The number of anilines is 2. The first kappa shape index (κ1) is 17.7. The lowest BCUT2D eigenvalue weighted by Crippen LogP contribution is -2.15. The molecule has 1 heterocycles. The highest BCUT2D eigenvalue weighted by molar-refractivity contribution is 6.03. The van der Waals surface area contributed by atoms with Crippen LogP contribution in [0.25, 0.3) is 0 Å². The Morgan fingerprint density at radius 2 is 1.81 bits per heavy atom. The number of rotatable bonds is 6. The van der Waals surface area contributed by atoms with E-state index in [1.165, 1.54) is 5.56 Å². The number of nitrogens with zero attached hydrogens (tertiary/aromatic N) is 1. The molecule has 3 aromatic rings. The zero-order valence-corrected chi connectivity index (χ0v) is 15.1. The maximum Gasteiger partial charge on any atom is 0.274 e. The van der Waals surface area contributed by atoms with E-state index < -0.39 is 0 Å². The van der Waals surface area contributed by atoms with E-state index >= 15 is 0 Å². The lowest BCUT2D eigenvalue weighted by Gasteiger charge is -2.10. The van der Waals surface area contributed by atoms with Crippen LogP contribution in [0.4, 0.5) is 11.4 Å². The Balaban J connectivity index is 1.62. The second kappa shape index (κ2) is 8.30. The summed E-state index contributed by atoms with van der Waals surface area (Å²) < 4.78 is 0. The Morgan fingerprint density at radius 3 is 2.62 bits per heavy atom. The zero-order valence-electron chi connectivity index (χ0n) is 15.1. The van der Waals surface area contributed by atoms with Gasteiger partial charge in [-0.2, -0.15) is 0 Å². The summed E-state index contributed by atoms with van der Waals surface area (Å²) in [4.78, 5) is 16.7. The highest BCUT2D eigenvalue weighted by Crippen LogP contribution is 2.18. The first-order valence-corrected chi connectivity index (χ1v) is 8.74. The largest absolute Gasteiger partial charge is 0.385 e. The van der Waals surface area contributed by atoms with Gasteiger partial charge in [0.1, 0.15) is 5.69 Å². The summed E-state index contributed by atoms with van der Waals surface area (Å²) in [5.74, 6) is -0.203. The van der Waals surface area contributed by atoms with Crippen LogP contribution >= 0.6 is 0 Å². The first-order valence-electron chi connectivity index (χ1n) is 8.74. The Hall–Kier alpha value is -3.14. The topological polar surface area (TPSA) is 54.0 Å². The molecule has 0 fully saturated rings. The molecule has 0 saturated carbocycles. The van der Waals surface area contributed by atoms with Crippen molar-refractivity contribution in [3.8, 4) is 0 Å². The summed E-state index contributed by atoms with van der Waals surface area (Å²) in [5, 5.41) is 6.30.